The molecule has 1 aromatic heterocycles. The zero-order valence-electron chi connectivity index (χ0n) is 6.97. The third kappa shape index (κ3) is 2.18. The second-order valence-electron chi connectivity index (χ2n) is 2.52. The molecule has 0 amide bonds. The molecule has 0 aliphatic rings. The first kappa shape index (κ1) is 10.9. The molecule has 1 aromatic carbocycles. The Morgan fingerprint density at radius 1 is 1.21 bits per heavy atom. The highest BCUT2D eigenvalue weighted by Gasteiger charge is 2.01. The van der Waals surface area contributed by atoms with Crippen LogP contribution in [-0.4, -0.2) is 8.42 Å². The van der Waals surface area contributed by atoms with Crippen molar-refractivity contribution in [1.82, 2.24) is 0 Å². The third-order valence-corrected chi connectivity index (χ3v) is 2.03. The summed E-state index contributed by atoms with van der Waals surface area (Å²) in [5, 5.41) is 0.877. The molecule has 1 N–H and O–H groups in total. The lowest BCUT2D eigenvalue weighted by atomic mass is 10.3. The molecule has 0 saturated carbocycles. The average Bonchev–Trinajstić information content (AvgIpc) is 2.44. The van der Waals surface area contributed by atoms with Crippen LogP contribution >= 0.6 is 12.4 Å². The number of para-hydroxylation sites is 1. The quantitative estimate of drug-likeness (QED) is 0.778. The van der Waals surface area contributed by atoms with Gasteiger partial charge in [-0.2, -0.15) is 0 Å². The van der Waals surface area contributed by atoms with E-state index in [1.807, 2.05) is 18.2 Å². The van der Waals surface area contributed by atoms with E-state index in [0.29, 0.717) is 5.58 Å². The van der Waals surface area contributed by atoms with Crippen molar-refractivity contribution in [2.24, 2.45) is 0 Å². The Balaban J connectivity index is 0.000000980. The lowest BCUT2D eigenvalue weighted by Gasteiger charge is -1.87. The number of hydrogen-bond donors (Lipinski definition) is 2. The van der Waals surface area contributed by atoms with Gasteiger partial charge in [-0.1, -0.05) is 18.2 Å². The van der Waals surface area contributed by atoms with Gasteiger partial charge < -0.3 is 4.42 Å². The van der Waals surface area contributed by atoms with E-state index in [4.69, 9.17) is 4.42 Å². The van der Waals surface area contributed by atoms with Crippen molar-refractivity contribution in [3.63, 3.8) is 0 Å². The van der Waals surface area contributed by atoms with Crippen molar-refractivity contribution in [2.75, 3.05) is 4.72 Å². The molecule has 0 saturated heterocycles. The number of thiol groups is 1. The van der Waals surface area contributed by atoms with E-state index < -0.39 is 10.9 Å². The van der Waals surface area contributed by atoms with Gasteiger partial charge in [-0.3, -0.25) is 4.72 Å². The first-order chi connectivity index (χ1) is 6.25. The van der Waals surface area contributed by atoms with E-state index in [-0.39, 0.29) is 18.3 Å². The number of nitrogens with one attached hydrogen (secondary N) is 1. The maximum atomic E-state index is 10.3. The summed E-state index contributed by atoms with van der Waals surface area (Å²) in [5.41, 5.74) is 0.668. The zero-order chi connectivity index (χ0) is 9.26. The van der Waals surface area contributed by atoms with Crippen LogP contribution in [0.2, 0.25) is 0 Å². The minimum Gasteiger partial charge on any atom is -0.440 e. The monoisotopic (exact) mass is 233 g/mol. The SMILES string of the molecule is Cl.O=[SH](=O)Nc1cc2ccccc2o1. The highest BCUT2D eigenvalue weighted by atomic mass is 35.5. The summed E-state index contributed by atoms with van der Waals surface area (Å²) in [7, 11) is -2.66. The number of halogens is 1. The van der Waals surface area contributed by atoms with Crippen LogP contribution in [-0.2, 0) is 10.9 Å². The minimum absolute atomic E-state index is 0. The standard InChI is InChI=1S/C8H7NO3S.ClH/c10-13(11)9-8-5-6-3-1-2-4-7(6)12-8;/h1-5,13H,(H,9,10,11);1H. The van der Waals surface area contributed by atoms with E-state index in [0.717, 1.165) is 5.39 Å². The number of rotatable bonds is 2. The maximum absolute atomic E-state index is 10.3. The van der Waals surface area contributed by atoms with E-state index in [2.05, 4.69) is 4.72 Å². The first-order valence-electron chi connectivity index (χ1n) is 3.65. The highest BCUT2D eigenvalue weighted by Crippen LogP contribution is 2.22. The van der Waals surface area contributed by atoms with Crippen LogP contribution in [0.3, 0.4) is 0 Å². The molecule has 0 bridgehead atoms. The fourth-order valence-corrected chi connectivity index (χ4v) is 1.42. The summed E-state index contributed by atoms with van der Waals surface area (Å²) in [4.78, 5) is 0. The van der Waals surface area contributed by atoms with E-state index >= 15 is 0 Å². The minimum atomic E-state index is -2.66. The van der Waals surface area contributed by atoms with Gasteiger partial charge in [0.1, 0.15) is 5.58 Å². The molecule has 0 aliphatic carbocycles. The molecule has 6 heteroatoms. The number of benzene rings is 1. The Labute approximate surface area is 88.4 Å². The summed E-state index contributed by atoms with van der Waals surface area (Å²) in [5.74, 6) is 0.248. The second-order valence-corrected chi connectivity index (χ2v) is 3.26. The van der Waals surface area contributed by atoms with E-state index in [1.54, 1.807) is 12.1 Å². The molecule has 0 radical (unpaired) electrons. The summed E-state index contributed by atoms with van der Waals surface area (Å²) in [6, 6.07) is 8.95. The van der Waals surface area contributed by atoms with Crippen molar-refractivity contribution in [2.45, 2.75) is 0 Å². The Hall–Kier alpha value is -1.20. The van der Waals surface area contributed by atoms with Crippen LogP contribution in [0.25, 0.3) is 11.0 Å². The van der Waals surface area contributed by atoms with Crippen molar-refractivity contribution in [3.05, 3.63) is 30.3 Å². The lowest BCUT2D eigenvalue weighted by molar-refractivity contribution is 0.609. The van der Waals surface area contributed by atoms with Gasteiger partial charge in [-0.25, -0.2) is 8.42 Å². The molecule has 0 unspecified atom stereocenters. The molecule has 0 atom stereocenters. The van der Waals surface area contributed by atoms with Gasteiger partial charge in [-0.15, -0.1) is 12.4 Å². The Morgan fingerprint density at radius 2 is 1.93 bits per heavy atom. The molecular formula is C8H8ClNO3S. The predicted molar refractivity (Wildman–Crippen MR) is 57.4 cm³/mol. The summed E-state index contributed by atoms with van der Waals surface area (Å²) in [6.45, 7) is 0. The zero-order valence-corrected chi connectivity index (χ0v) is 8.68. The number of furan rings is 1. The normalized spacial score (nSPS) is 10.1. The fraction of sp³-hybridized carbons (Fsp3) is 0. The maximum Gasteiger partial charge on any atom is 0.224 e. The van der Waals surface area contributed by atoms with Gasteiger partial charge in [0.15, 0.2) is 0 Å². The van der Waals surface area contributed by atoms with Crippen molar-refractivity contribution >= 4 is 40.2 Å². The Kier molecular flexibility index (Phi) is 3.38. The van der Waals surface area contributed by atoms with Gasteiger partial charge in [0.05, 0.1) is 0 Å². The smallest absolute Gasteiger partial charge is 0.224 e. The van der Waals surface area contributed by atoms with Crippen LogP contribution in [0.1, 0.15) is 0 Å². The number of hydrogen-bond acceptors (Lipinski definition) is 3. The molecule has 4 nitrogen and oxygen atoms in total. The molecule has 2 aromatic rings. The molecule has 0 aliphatic heterocycles. The van der Waals surface area contributed by atoms with Crippen molar-refractivity contribution in [3.8, 4) is 0 Å². The van der Waals surface area contributed by atoms with Gasteiger partial charge >= 0.3 is 0 Å². The molecule has 0 fully saturated rings. The Bertz CT molecular complexity index is 465. The van der Waals surface area contributed by atoms with E-state index in [1.165, 1.54) is 0 Å². The fourth-order valence-electron chi connectivity index (χ4n) is 1.13. The van der Waals surface area contributed by atoms with Crippen LogP contribution < -0.4 is 4.72 Å². The van der Waals surface area contributed by atoms with Gasteiger partial charge in [0.2, 0.25) is 16.8 Å². The Morgan fingerprint density at radius 3 is 2.57 bits per heavy atom. The average molecular weight is 234 g/mol. The van der Waals surface area contributed by atoms with Gasteiger partial charge in [0, 0.05) is 11.5 Å². The molecule has 76 valence electrons. The molecule has 14 heavy (non-hydrogen) atoms. The topological polar surface area (TPSA) is 59.3 Å². The highest BCUT2D eigenvalue weighted by molar-refractivity contribution is 7.73. The molecular weight excluding hydrogens is 226 g/mol. The van der Waals surface area contributed by atoms with Crippen molar-refractivity contribution < 1.29 is 12.8 Å². The summed E-state index contributed by atoms with van der Waals surface area (Å²) in [6.07, 6.45) is 0. The molecule has 2 rings (SSSR count). The molecule has 1 heterocycles. The predicted octanol–water partition coefficient (Wildman–Crippen LogP) is 1.79. The van der Waals surface area contributed by atoms with E-state index in [9.17, 15) is 8.42 Å². The molecule has 0 spiro atoms. The number of anilines is 1. The summed E-state index contributed by atoms with van der Waals surface area (Å²) < 4.78 is 28.0. The lowest BCUT2D eigenvalue weighted by Crippen LogP contribution is -1.91. The second kappa shape index (κ2) is 4.34. The van der Waals surface area contributed by atoms with Crippen LogP contribution in [0.4, 0.5) is 5.88 Å². The van der Waals surface area contributed by atoms with Crippen LogP contribution in [0.5, 0.6) is 0 Å². The van der Waals surface area contributed by atoms with Gasteiger partial charge in [-0.05, 0) is 6.07 Å². The number of fused-ring (bicyclic) bond motifs is 1. The third-order valence-electron chi connectivity index (χ3n) is 1.63. The van der Waals surface area contributed by atoms with Gasteiger partial charge in [0.25, 0.3) is 0 Å². The largest absolute Gasteiger partial charge is 0.440 e. The summed E-state index contributed by atoms with van der Waals surface area (Å²) >= 11 is 0. The van der Waals surface area contributed by atoms with Crippen LogP contribution in [0.15, 0.2) is 34.7 Å². The van der Waals surface area contributed by atoms with Crippen LogP contribution in [0, 0.1) is 0 Å². The van der Waals surface area contributed by atoms with Crippen molar-refractivity contribution in [1.29, 1.82) is 0 Å². The first-order valence-corrected chi connectivity index (χ1v) is 4.83.